The van der Waals surface area contributed by atoms with Gasteiger partial charge in [0.25, 0.3) is 5.91 Å². The zero-order chi connectivity index (χ0) is 18.9. The molecule has 1 unspecified atom stereocenters. The minimum atomic E-state index is -0.391. The van der Waals surface area contributed by atoms with Gasteiger partial charge < -0.3 is 19.9 Å². The predicted octanol–water partition coefficient (Wildman–Crippen LogP) is 2.15. The highest BCUT2D eigenvalue weighted by Gasteiger charge is 2.49. The van der Waals surface area contributed by atoms with Gasteiger partial charge in [-0.15, -0.1) is 0 Å². The summed E-state index contributed by atoms with van der Waals surface area (Å²) in [5.41, 5.74) is 2.72. The van der Waals surface area contributed by atoms with Crippen molar-refractivity contribution in [1.29, 1.82) is 0 Å². The number of aryl methyl sites for hydroxylation is 1. The molecule has 4 rings (SSSR count). The molecule has 3 heterocycles. The number of ether oxygens (including phenoxy) is 1. The maximum absolute atomic E-state index is 13.1. The molecule has 6 nitrogen and oxygen atoms in total. The van der Waals surface area contributed by atoms with Crippen LogP contribution in [0.2, 0.25) is 0 Å². The molecular formula is C21H29N3O3. The van der Waals surface area contributed by atoms with Crippen LogP contribution in [0.25, 0.3) is 0 Å². The highest BCUT2D eigenvalue weighted by atomic mass is 16.5. The molecule has 1 spiro atoms. The van der Waals surface area contributed by atoms with Gasteiger partial charge in [-0.1, -0.05) is 0 Å². The van der Waals surface area contributed by atoms with Crippen molar-refractivity contribution in [3.63, 3.8) is 0 Å². The SMILES string of the molecule is COCCN1CCCC2(CCN(C(=O)c3ccc4c(c3)CCCN4)C2)C1=O. The standard InChI is InChI=1S/C21H29N3O3/c1-27-13-12-23-10-3-7-21(20(23)26)8-11-24(15-21)19(25)17-5-6-18-16(14-17)4-2-9-22-18/h5-6,14,22H,2-4,7-13,15H2,1H3. The third-order valence-corrected chi connectivity index (χ3v) is 6.32. The third kappa shape index (κ3) is 3.43. The van der Waals surface area contributed by atoms with E-state index in [1.807, 2.05) is 28.0 Å². The molecule has 2 saturated heterocycles. The van der Waals surface area contributed by atoms with Crippen LogP contribution in [0.5, 0.6) is 0 Å². The van der Waals surface area contributed by atoms with E-state index in [1.54, 1.807) is 7.11 Å². The van der Waals surface area contributed by atoms with Crippen LogP contribution >= 0.6 is 0 Å². The lowest BCUT2D eigenvalue weighted by Crippen LogP contribution is -2.51. The molecule has 0 aromatic heterocycles. The largest absolute Gasteiger partial charge is 0.385 e. The number of methoxy groups -OCH3 is 1. The van der Waals surface area contributed by atoms with Crippen molar-refractivity contribution >= 4 is 17.5 Å². The number of rotatable bonds is 4. The first-order valence-electron chi connectivity index (χ1n) is 10.1. The second-order valence-corrected chi connectivity index (χ2v) is 8.05. The number of hydrogen-bond donors (Lipinski definition) is 1. The number of amides is 2. The van der Waals surface area contributed by atoms with Crippen molar-refractivity contribution in [3.8, 4) is 0 Å². The number of piperidine rings is 1. The Morgan fingerprint density at radius 1 is 1.26 bits per heavy atom. The molecule has 0 saturated carbocycles. The second-order valence-electron chi connectivity index (χ2n) is 8.05. The molecule has 6 heteroatoms. The van der Waals surface area contributed by atoms with Gasteiger partial charge in [0.15, 0.2) is 0 Å². The number of carbonyl (C=O) groups is 2. The lowest BCUT2D eigenvalue weighted by molar-refractivity contribution is -0.146. The molecule has 2 fully saturated rings. The Hall–Kier alpha value is -2.08. The molecule has 1 N–H and O–H groups in total. The Bertz CT molecular complexity index is 735. The highest BCUT2D eigenvalue weighted by molar-refractivity contribution is 5.96. The van der Waals surface area contributed by atoms with Crippen LogP contribution < -0.4 is 5.32 Å². The predicted molar refractivity (Wildman–Crippen MR) is 104 cm³/mol. The van der Waals surface area contributed by atoms with Gasteiger partial charge in [-0.3, -0.25) is 9.59 Å². The smallest absolute Gasteiger partial charge is 0.253 e. The summed E-state index contributed by atoms with van der Waals surface area (Å²) in [5.74, 6) is 0.262. The third-order valence-electron chi connectivity index (χ3n) is 6.32. The minimum Gasteiger partial charge on any atom is -0.385 e. The van der Waals surface area contributed by atoms with Crippen molar-refractivity contribution in [2.24, 2.45) is 5.41 Å². The first-order chi connectivity index (χ1) is 13.1. The van der Waals surface area contributed by atoms with Crippen LogP contribution in [0.15, 0.2) is 18.2 Å². The Morgan fingerprint density at radius 3 is 3.00 bits per heavy atom. The van der Waals surface area contributed by atoms with Crippen LogP contribution in [0.4, 0.5) is 5.69 Å². The molecular weight excluding hydrogens is 342 g/mol. The minimum absolute atomic E-state index is 0.0575. The van der Waals surface area contributed by atoms with Gasteiger partial charge in [0.05, 0.1) is 12.0 Å². The molecule has 27 heavy (non-hydrogen) atoms. The summed E-state index contributed by atoms with van der Waals surface area (Å²) in [4.78, 5) is 30.0. The molecule has 3 aliphatic heterocycles. The average molecular weight is 371 g/mol. The monoisotopic (exact) mass is 371 g/mol. The summed E-state index contributed by atoms with van der Waals surface area (Å²) in [6.07, 6.45) is 4.77. The summed E-state index contributed by atoms with van der Waals surface area (Å²) >= 11 is 0. The van der Waals surface area contributed by atoms with Gasteiger partial charge in [-0.2, -0.15) is 0 Å². The highest BCUT2D eigenvalue weighted by Crippen LogP contribution is 2.40. The summed E-state index contributed by atoms with van der Waals surface area (Å²) in [7, 11) is 1.66. The average Bonchev–Trinajstić information content (AvgIpc) is 3.13. The Labute approximate surface area is 160 Å². The van der Waals surface area contributed by atoms with Crippen LogP contribution in [0, 0.1) is 5.41 Å². The number of carbonyl (C=O) groups excluding carboxylic acids is 2. The van der Waals surface area contributed by atoms with E-state index in [0.29, 0.717) is 26.2 Å². The van der Waals surface area contributed by atoms with Gasteiger partial charge in [-0.05, 0) is 55.9 Å². The fourth-order valence-corrected chi connectivity index (χ4v) is 4.78. The zero-order valence-electron chi connectivity index (χ0n) is 16.1. The molecule has 0 aliphatic carbocycles. The molecule has 3 aliphatic rings. The van der Waals surface area contributed by atoms with Crippen molar-refractivity contribution in [3.05, 3.63) is 29.3 Å². The molecule has 1 atom stereocenters. The van der Waals surface area contributed by atoms with Crippen LogP contribution in [-0.4, -0.2) is 68.1 Å². The van der Waals surface area contributed by atoms with Crippen LogP contribution in [0.3, 0.4) is 0 Å². The van der Waals surface area contributed by atoms with Gasteiger partial charge in [0.1, 0.15) is 0 Å². The van der Waals surface area contributed by atoms with Gasteiger partial charge >= 0.3 is 0 Å². The molecule has 146 valence electrons. The molecule has 1 aromatic rings. The lowest BCUT2D eigenvalue weighted by Gasteiger charge is -2.39. The molecule has 0 bridgehead atoms. The van der Waals surface area contributed by atoms with Crippen molar-refractivity contribution < 1.29 is 14.3 Å². The zero-order valence-corrected chi connectivity index (χ0v) is 16.1. The Morgan fingerprint density at radius 2 is 2.15 bits per heavy atom. The first kappa shape index (κ1) is 18.3. The van der Waals surface area contributed by atoms with E-state index in [-0.39, 0.29) is 11.8 Å². The number of fused-ring (bicyclic) bond motifs is 1. The number of hydrogen-bond acceptors (Lipinski definition) is 4. The fourth-order valence-electron chi connectivity index (χ4n) is 4.78. The maximum Gasteiger partial charge on any atom is 0.253 e. The molecule has 1 aromatic carbocycles. The number of nitrogens with zero attached hydrogens (tertiary/aromatic N) is 2. The number of likely N-dealkylation sites (tertiary alicyclic amines) is 2. The summed E-state index contributed by atoms with van der Waals surface area (Å²) in [6.45, 7) is 4.21. The van der Waals surface area contributed by atoms with Crippen molar-refractivity contribution in [2.75, 3.05) is 51.8 Å². The Kier molecular flexibility index (Phi) is 5.08. The van der Waals surface area contributed by atoms with Crippen molar-refractivity contribution in [2.45, 2.75) is 32.1 Å². The number of anilines is 1. The van der Waals surface area contributed by atoms with E-state index in [2.05, 4.69) is 5.32 Å². The summed E-state index contributed by atoms with van der Waals surface area (Å²) in [5, 5.41) is 3.39. The van der Waals surface area contributed by atoms with E-state index in [0.717, 1.165) is 56.4 Å². The fraction of sp³-hybridized carbons (Fsp3) is 0.619. The van der Waals surface area contributed by atoms with Gasteiger partial charge in [-0.25, -0.2) is 0 Å². The number of benzene rings is 1. The summed E-state index contributed by atoms with van der Waals surface area (Å²) in [6, 6.07) is 5.96. The maximum atomic E-state index is 13.1. The first-order valence-corrected chi connectivity index (χ1v) is 10.1. The van der Waals surface area contributed by atoms with Crippen LogP contribution in [0.1, 0.15) is 41.6 Å². The van der Waals surface area contributed by atoms with Crippen LogP contribution in [-0.2, 0) is 16.0 Å². The number of nitrogens with one attached hydrogen (secondary N) is 1. The van der Waals surface area contributed by atoms with Gasteiger partial charge in [0, 0.05) is 51.1 Å². The Balaban J connectivity index is 1.47. The quantitative estimate of drug-likeness (QED) is 0.881. The van der Waals surface area contributed by atoms with E-state index in [1.165, 1.54) is 5.56 Å². The second kappa shape index (κ2) is 7.50. The lowest BCUT2D eigenvalue weighted by atomic mass is 9.78. The summed E-state index contributed by atoms with van der Waals surface area (Å²) < 4.78 is 5.14. The molecule has 0 radical (unpaired) electrons. The molecule has 2 amide bonds. The van der Waals surface area contributed by atoms with Gasteiger partial charge in [0.2, 0.25) is 5.91 Å². The van der Waals surface area contributed by atoms with E-state index in [9.17, 15) is 9.59 Å². The van der Waals surface area contributed by atoms with E-state index < -0.39 is 5.41 Å². The normalized spacial score (nSPS) is 24.9. The topological polar surface area (TPSA) is 61.9 Å². The van der Waals surface area contributed by atoms with E-state index in [4.69, 9.17) is 4.74 Å². The van der Waals surface area contributed by atoms with E-state index >= 15 is 0 Å². The van der Waals surface area contributed by atoms with Crippen molar-refractivity contribution in [1.82, 2.24) is 9.80 Å².